The number of methoxy groups -OCH3 is 1. The Bertz CT molecular complexity index is 654. The Kier molecular flexibility index (Phi) is 5.74. The Hall–Kier alpha value is -2.82. The Labute approximate surface area is 135 Å². The molecule has 120 valence electrons. The number of hydrogen-bond donors (Lipinski definition) is 2. The summed E-state index contributed by atoms with van der Waals surface area (Å²) in [5.74, 6) is 0.386. The number of amides is 2. The predicted molar refractivity (Wildman–Crippen MR) is 89.2 cm³/mol. The van der Waals surface area contributed by atoms with Crippen molar-refractivity contribution in [1.82, 2.24) is 5.32 Å². The van der Waals surface area contributed by atoms with Crippen molar-refractivity contribution in [2.45, 2.75) is 19.4 Å². The van der Waals surface area contributed by atoms with E-state index in [0.717, 1.165) is 11.3 Å². The number of anilines is 1. The van der Waals surface area contributed by atoms with Gasteiger partial charge in [0.1, 0.15) is 5.75 Å². The van der Waals surface area contributed by atoms with Crippen molar-refractivity contribution in [3.8, 4) is 5.75 Å². The largest absolute Gasteiger partial charge is 0.497 e. The molecule has 0 fully saturated rings. The van der Waals surface area contributed by atoms with E-state index < -0.39 is 0 Å². The normalized spacial score (nSPS) is 11.4. The van der Waals surface area contributed by atoms with E-state index in [1.54, 1.807) is 31.4 Å². The molecule has 0 radical (unpaired) electrons. The second-order valence-electron chi connectivity index (χ2n) is 5.14. The fourth-order valence-corrected chi connectivity index (χ4v) is 2.25. The molecule has 0 unspecified atom stereocenters. The molecule has 2 N–H and O–H groups in total. The zero-order chi connectivity index (χ0) is 16.7. The Morgan fingerprint density at radius 2 is 1.70 bits per heavy atom. The van der Waals surface area contributed by atoms with E-state index in [4.69, 9.17) is 4.74 Å². The minimum atomic E-state index is -0.355. The van der Waals surface area contributed by atoms with Crippen LogP contribution >= 0.6 is 0 Å². The monoisotopic (exact) mass is 312 g/mol. The number of nitrogens with one attached hydrogen (secondary N) is 2. The quantitative estimate of drug-likeness (QED) is 0.862. The van der Waals surface area contributed by atoms with Crippen molar-refractivity contribution in [2.75, 3.05) is 12.4 Å². The minimum Gasteiger partial charge on any atom is -0.497 e. The van der Waals surface area contributed by atoms with Crippen molar-refractivity contribution < 1.29 is 14.3 Å². The van der Waals surface area contributed by atoms with Gasteiger partial charge in [-0.2, -0.15) is 0 Å². The maximum absolute atomic E-state index is 12.2. The molecule has 1 atom stereocenters. The highest BCUT2D eigenvalue weighted by atomic mass is 16.5. The zero-order valence-electron chi connectivity index (χ0n) is 13.2. The third-order valence-electron chi connectivity index (χ3n) is 3.34. The van der Waals surface area contributed by atoms with Gasteiger partial charge in [-0.15, -0.1) is 0 Å². The van der Waals surface area contributed by atoms with Crippen LogP contribution < -0.4 is 15.4 Å². The molecule has 2 amide bonds. The zero-order valence-corrected chi connectivity index (χ0v) is 13.2. The van der Waals surface area contributed by atoms with Crippen molar-refractivity contribution >= 4 is 17.5 Å². The summed E-state index contributed by atoms with van der Waals surface area (Å²) in [6, 6.07) is 16.2. The first kappa shape index (κ1) is 16.5. The molecule has 5 heteroatoms. The molecular weight excluding hydrogens is 292 g/mol. The lowest BCUT2D eigenvalue weighted by Gasteiger charge is -2.18. The van der Waals surface area contributed by atoms with E-state index >= 15 is 0 Å². The van der Waals surface area contributed by atoms with Crippen LogP contribution in [-0.4, -0.2) is 18.9 Å². The van der Waals surface area contributed by atoms with Crippen LogP contribution in [-0.2, 0) is 9.59 Å². The second-order valence-corrected chi connectivity index (χ2v) is 5.14. The average Bonchev–Trinajstić information content (AvgIpc) is 2.55. The van der Waals surface area contributed by atoms with Gasteiger partial charge in [-0.1, -0.05) is 30.3 Å². The molecule has 0 saturated heterocycles. The first-order chi connectivity index (χ1) is 11.1. The summed E-state index contributed by atoms with van der Waals surface area (Å²) in [5, 5.41) is 5.63. The molecular formula is C18H20N2O3. The summed E-state index contributed by atoms with van der Waals surface area (Å²) in [7, 11) is 1.59. The first-order valence-electron chi connectivity index (χ1n) is 7.34. The summed E-state index contributed by atoms with van der Waals surface area (Å²) < 4.78 is 5.08. The fraction of sp³-hybridized carbons (Fsp3) is 0.222. The molecule has 0 heterocycles. The smallest absolute Gasteiger partial charge is 0.226 e. The molecule has 23 heavy (non-hydrogen) atoms. The molecule has 2 aromatic rings. The minimum absolute atomic E-state index is 0.162. The molecule has 5 nitrogen and oxygen atoms in total. The van der Waals surface area contributed by atoms with Gasteiger partial charge in [0.25, 0.3) is 0 Å². The molecule has 2 rings (SSSR count). The van der Waals surface area contributed by atoms with Crippen LogP contribution in [0.2, 0.25) is 0 Å². The summed E-state index contributed by atoms with van der Waals surface area (Å²) in [6.45, 7) is 1.44. The molecule has 0 aliphatic carbocycles. The summed E-state index contributed by atoms with van der Waals surface area (Å²) in [6.07, 6.45) is 0.162. The molecule has 2 aromatic carbocycles. The highest BCUT2D eigenvalue weighted by Crippen LogP contribution is 2.19. The van der Waals surface area contributed by atoms with Crippen LogP contribution in [0.15, 0.2) is 54.6 Å². The fourth-order valence-electron chi connectivity index (χ4n) is 2.25. The SMILES string of the molecule is COc1ccc(NC(=O)C[C@H](NC(C)=O)c2ccccc2)cc1. The van der Waals surface area contributed by atoms with E-state index in [1.165, 1.54) is 6.92 Å². The maximum Gasteiger partial charge on any atom is 0.226 e. The van der Waals surface area contributed by atoms with E-state index in [9.17, 15) is 9.59 Å². The second kappa shape index (κ2) is 7.98. The standard InChI is InChI=1S/C18H20N2O3/c1-13(21)19-17(14-6-4-3-5-7-14)12-18(22)20-15-8-10-16(23-2)11-9-15/h3-11,17H,12H2,1-2H3,(H,19,21)(H,20,22)/t17-/m0/s1. The maximum atomic E-state index is 12.2. The molecule has 0 saturated carbocycles. The molecule has 0 aliphatic heterocycles. The Morgan fingerprint density at radius 3 is 2.26 bits per heavy atom. The molecule has 0 aromatic heterocycles. The van der Waals surface area contributed by atoms with Gasteiger partial charge in [-0.05, 0) is 29.8 Å². The van der Waals surface area contributed by atoms with Gasteiger partial charge < -0.3 is 15.4 Å². The summed E-state index contributed by atoms with van der Waals surface area (Å²) in [4.78, 5) is 23.6. The van der Waals surface area contributed by atoms with Gasteiger partial charge >= 0.3 is 0 Å². The van der Waals surface area contributed by atoms with E-state index in [0.29, 0.717) is 5.69 Å². The lowest BCUT2D eigenvalue weighted by atomic mass is 10.0. The predicted octanol–water partition coefficient (Wildman–Crippen LogP) is 2.90. The van der Waals surface area contributed by atoms with Crippen LogP contribution in [0.3, 0.4) is 0 Å². The van der Waals surface area contributed by atoms with Crippen molar-refractivity contribution in [3.05, 3.63) is 60.2 Å². The van der Waals surface area contributed by atoms with Gasteiger partial charge in [0.05, 0.1) is 19.6 Å². The van der Waals surface area contributed by atoms with Crippen LogP contribution in [0, 0.1) is 0 Å². The molecule has 0 spiro atoms. The lowest BCUT2D eigenvalue weighted by Crippen LogP contribution is -2.29. The third-order valence-corrected chi connectivity index (χ3v) is 3.34. The van der Waals surface area contributed by atoms with Crippen LogP contribution in [0.4, 0.5) is 5.69 Å². The number of hydrogen-bond acceptors (Lipinski definition) is 3. The average molecular weight is 312 g/mol. The van der Waals surface area contributed by atoms with Crippen molar-refractivity contribution in [3.63, 3.8) is 0 Å². The van der Waals surface area contributed by atoms with Gasteiger partial charge in [0.15, 0.2) is 0 Å². The van der Waals surface area contributed by atoms with Crippen LogP contribution in [0.5, 0.6) is 5.75 Å². The number of carbonyl (C=O) groups excluding carboxylic acids is 2. The molecule has 0 bridgehead atoms. The van der Waals surface area contributed by atoms with Crippen molar-refractivity contribution in [2.24, 2.45) is 0 Å². The number of ether oxygens (including phenoxy) is 1. The first-order valence-corrected chi connectivity index (χ1v) is 7.34. The van der Waals surface area contributed by atoms with E-state index in [-0.39, 0.29) is 24.3 Å². The Balaban J connectivity index is 2.03. The molecule has 0 aliphatic rings. The van der Waals surface area contributed by atoms with Gasteiger partial charge in [0.2, 0.25) is 11.8 Å². The third kappa shape index (κ3) is 5.14. The summed E-state index contributed by atoms with van der Waals surface area (Å²) >= 11 is 0. The van der Waals surface area contributed by atoms with E-state index in [2.05, 4.69) is 10.6 Å². The van der Waals surface area contributed by atoms with Crippen molar-refractivity contribution in [1.29, 1.82) is 0 Å². The van der Waals surface area contributed by atoms with Crippen LogP contribution in [0.25, 0.3) is 0 Å². The number of carbonyl (C=O) groups is 2. The van der Waals surface area contributed by atoms with Crippen LogP contribution in [0.1, 0.15) is 24.9 Å². The topological polar surface area (TPSA) is 67.4 Å². The highest BCUT2D eigenvalue weighted by Gasteiger charge is 2.17. The highest BCUT2D eigenvalue weighted by molar-refractivity contribution is 5.91. The number of benzene rings is 2. The summed E-state index contributed by atoms with van der Waals surface area (Å²) in [5.41, 5.74) is 1.58. The van der Waals surface area contributed by atoms with E-state index in [1.807, 2.05) is 30.3 Å². The van der Waals surface area contributed by atoms with Gasteiger partial charge in [-0.3, -0.25) is 9.59 Å². The lowest BCUT2D eigenvalue weighted by molar-refractivity contribution is -0.120. The van der Waals surface area contributed by atoms with Gasteiger partial charge in [-0.25, -0.2) is 0 Å². The van der Waals surface area contributed by atoms with Gasteiger partial charge in [0, 0.05) is 12.6 Å². The Morgan fingerprint density at radius 1 is 1.04 bits per heavy atom. The number of rotatable bonds is 6.